The minimum Gasteiger partial charge on any atom is -0.397 e. The number of aryl methyl sites for hydroxylation is 1. The first-order valence-electron chi connectivity index (χ1n) is 5.71. The Morgan fingerprint density at radius 2 is 2.12 bits per heavy atom. The van der Waals surface area contributed by atoms with Gasteiger partial charge in [-0.25, -0.2) is 0 Å². The summed E-state index contributed by atoms with van der Waals surface area (Å²) in [7, 11) is 0. The van der Waals surface area contributed by atoms with Crippen molar-refractivity contribution < 1.29 is 4.79 Å². The molecule has 0 unspecified atom stereocenters. The molecular weight excluding hydrogens is 202 g/mol. The van der Waals surface area contributed by atoms with Gasteiger partial charge in [0.25, 0.3) is 0 Å². The fourth-order valence-electron chi connectivity index (χ4n) is 2.02. The zero-order chi connectivity index (χ0) is 11.1. The first kappa shape index (κ1) is 9.51. The quantitative estimate of drug-likeness (QED) is 0.661. The summed E-state index contributed by atoms with van der Waals surface area (Å²) in [5, 5.41) is 6.26. The van der Waals surface area contributed by atoms with Crippen LogP contribution in [0.5, 0.6) is 0 Å². The Labute approximate surface area is 94.2 Å². The Morgan fingerprint density at radius 3 is 2.88 bits per heavy atom. The van der Waals surface area contributed by atoms with Gasteiger partial charge >= 0.3 is 0 Å². The van der Waals surface area contributed by atoms with E-state index in [2.05, 4.69) is 10.6 Å². The lowest BCUT2D eigenvalue weighted by atomic mass is 10.0. The van der Waals surface area contributed by atoms with Gasteiger partial charge < -0.3 is 16.4 Å². The molecule has 3 rings (SSSR count). The van der Waals surface area contributed by atoms with Gasteiger partial charge in [0.1, 0.15) is 0 Å². The van der Waals surface area contributed by atoms with Crippen molar-refractivity contribution >= 4 is 23.0 Å². The number of hydrogen-bond acceptors (Lipinski definition) is 3. The molecule has 1 aromatic rings. The molecular formula is C12H15N3O. The van der Waals surface area contributed by atoms with E-state index < -0.39 is 0 Å². The van der Waals surface area contributed by atoms with Gasteiger partial charge in [-0.15, -0.1) is 0 Å². The molecule has 0 bridgehead atoms. The standard InChI is InChI=1S/C12H15N3O/c13-9-5-7-1-4-12(16)15-10(7)6-11(9)14-8-2-3-8/h5-6,8,14H,1-4,13H2,(H,15,16). The van der Waals surface area contributed by atoms with Crippen molar-refractivity contribution in [1.82, 2.24) is 0 Å². The minimum absolute atomic E-state index is 0.0923. The van der Waals surface area contributed by atoms with Gasteiger partial charge in [0.05, 0.1) is 11.4 Å². The van der Waals surface area contributed by atoms with Crippen LogP contribution in [-0.2, 0) is 11.2 Å². The van der Waals surface area contributed by atoms with E-state index in [0.717, 1.165) is 29.0 Å². The molecule has 1 saturated carbocycles. The zero-order valence-electron chi connectivity index (χ0n) is 9.05. The van der Waals surface area contributed by atoms with E-state index in [1.165, 1.54) is 12.8 Å². The van der Waals surface area contributed by atoms with Crippen molar-refractivity contribution in [3.63, 3.8) is 0 Å². The van der Waals surface area contributed by atoms with Crippen LogP contribution in [0.25, 0.3) is 0 Å². The van der Waals surface area contributed by atoms with Gasteiger partial charge in [0, 0.05) is 18.2 Å². The van der Waals surface area contributed by atoms with Crippen molar-refractivity contribution in [3.05, 3.63) is 17.7 Å². The molecule has 4 heteroatoms. The second kappa shape index (κ2) is 3.40. The molecule has 1 aliphatic heterocycles. The van der Waals surface area contributed by atoms with Crippen LogP contribution >= 0.6 is 0 Å². The summed E-state index contributed by atoms with van der Waals surface area (Å²) in [5.74, 6) is 0.0923. The third-order valence-electron chi connectivity index (χ3n) is 3.11. The fourth-order valence-corrected chi connectivity index (χ4v) is 2.02. The van der Waals surface area contributed by atoms with E-state index in [9.17, 15) is 4.79 Å². The molecule has 0 radical (unpaired) electrons. The lowest BCUT2D eigenvalue weighted by Crippen LogP contribution is -2.19. The highest BCUT2D eigenvalue weighted by atomic mass is 16.1. The molecule has 1 fully saturated rings. The summed E-state index contributed by atoms with van der Waals surface area (Å²) in [6, 6.07) is 4.50. The molecule has 84 valence electrons. The number of nitrogens with one attached hydrogen (secondary N) is 2. The van der Waals surface area contributed by atoms with Gasteiger partial charge in [0.15, 0.2) is 0 Å². The average molecular weight is 217 g/mol. The third kappa shape index (κ3) is 1.71. The summed E-state index contributed by atoms with van der Waals surface area (Å²) in [5.41, 5.74) is 9.76. The van der Waals surface area contributed by atoms with Crippen molar-refractivity contribution in [1.29, 1.82) is 0 Å². The number of nitrogens with two attached hydrogens (primary N) is 1. The van der Waals surface area contributed by atoms with Crippen molar-refractivity contribution in [2.45, 2.75) is 31.7 Å². The highest BCUT2D eigenvalue weighted by Gasteiger charge is 2.23. The van der Waals surface area contributed by atoms with Gasteiger partial charge in [-0.3, -0.25) is 4.79 Å². The van der Waals surface area contributed by atoms with Crippen LogP contribution < -0.4 is 16.4 Å². The van der Waals surface area contributed by atoms with E-state index in [-0.39, 0.29) is 5.91 Å². The predicted molar refractivity (Wildman–Crippen MR) is 64.4 cm³/mol. The van der Waals surface area contributed by atoms with Gasteiger partial charge in [-0.2, -0.15) is 0 Å². The van der Waals surface area contributed by atoms with Crippen molar-refractivity contribution in [2.24, 2.45) is 0 Å². The Hall–Kier alpha value is -1.71. The summed E-state index contributed by atoms with van der Waals surface area (Å²) in [6.07, 6.45) is 3.77. The Kier molecular flexibility index (Phi) is 2.02. The first-order valence-corrected chi connectivity index (χ1v) is 5.71. The SMILES string of the molecule is Nc1cc2c(cc1NC1CC1)NC(=O)CC2. The number of nitrogen functional groups attached to an aromatic ring is 1. The first-order chi connectivity index (χ1) is 7.72. The molecule has 0 spiro atoms. The smallest absolute Gasteiger partial charge is 0.224 e. The van der Waals surface area contributed by atoms with E-state index >= 15 is 0 Å². The number of hydrogen-bond donors (Lipinski definition) is 3. The largest absolute Gasteiger partial charge is 0.397 e. The Morgan fingerprint density at radius 1 is 1.31 bits per heavy atom. The second-order valence-electron chi connectivity index (χ2n) is 4.56. The maximum Gasteiger partial charge on any atom is 0.224 e. The molecule has 0 saturated heterocycles. The molecule has 4 N–H and O–H groups in total. The molecule has 0 atom stereocenters. The lowest BCUT2D eigenvalue weighted by molar-refractivity contribution is -0.116. The maximum atomic E-state index is 11.3. The Bertz CT molecular complexity index is 452. The number of carbonyl (C=O) groups is 1. The van der Waals surface area contributed by atoms with Crippen molar-refractivity contribution in [3.8, 4) is 0 Å². The number of benzene rings is 1. The summed E-state index contributed by atoms with van der Waals surface area (Å²) < 4.78 is 0. The number of anilines is 3. The minimum atomic E-state index is 0.0923. The van der Waals surface area contributed by atoms with Crippen LogP contribution in [0, 0.1) is 0 Å². The van der Waals surface area contributed by atoms with E-state index in [1.54, 1.807) is 0 Å². The van der Waals surface area contributed by atoms with Gasteiger partial charge in [0.2, 0.25) is 5.91 Å². The van der Waals surface area contributed by atoms with Crippen LogP contribution in [-0.4, -0.2) is 11.9 Å². The van der Waals surface area contributed by atoms with Gasteiger partial charge in [-0.05, 0) is 37.0 Å². The monoisotopic (exact) mass is 217 g/mol. The topological polar surface area (TPSA) is 67.2 Å². The summed E-state index contributed by atoms with van der Waals surface area (Å²) in [6.45, 7) is 0. The molecule has 0 aromatic heterocycles. The number of carbonyl (C=O) groups excluding carboxylic acids is 1. The van der Waals surface area contributed by atoms with E-state index in [1.807, 2.05) is 12.1 Å². The van der Waals surface area contributed by atoms with Crippen LogP contribution in [0.4, 0.5) is 17.1 Å². The summed E-state index contributed by atoms with van der Waals surface area (Å²) in [4.78, 5) is 11.3. The molecule has 1 amide bonds. The summed E-state index contributed by atoms with van der Waals surface area (Å²) >= 11 is 0. The number of amides is 1. The highest BCUT2D eigenvalue weighted by molar-refractivity contribution is 5.95. The maximum absolute atomic E-state index is 11.3. The second-order valence-corrected chi connectivity index (χ2v) is 4.56. The molecule has 1 heterocycles. The zero-order valence-corrected chi connectivity index (χ0v) is 9.05. The average Bonchev–Trinajstić information content (AvgIpc) is 3.04. The Balaban J connectivity index is 1.94. The molecule has 1 aromatic carbocycles. The fraction of sp³-hybridized carbons (Fsp3) is 0.417. The number of fused-ring (bicyclic) bond motifs is 1. The normalized spacial score (nSPS) is 18.9. The lowest BCUT2D eigenvalue weighted by Gasteiger charge is -2.19. The van der Waals surface area contributed by atoms with Crippen LogP contribution in [0.1, 0.15) is 24.8 Å². The van der Waals surface area contributed by atoms with Crippen molar-refractivity contribution in [2.75, 3.05) is 16.4 Å². The van der Waals surface area contributed by atoms with Gasteiger partial charge in [-0.1, -0.05) is 0 Å². The molecule has 1 aliphatic carbocycles. The molecule has 16 heavy (non-hydrogen) atoms. The molecule has 2 aliphatic rings. The van der Waals surface area contributed by atoms with Crippen LogP contribution in [0.15, 0.2) is 12.1 Å². The number of rotatable bonds is 2. The van der Waals surface area contributed by atoms with Crippen LogP contribution in [0.2, 0.25) is 0 Å². The van der Waals surface area contributed by atoms with E-state index in [4.69, 9.17) is 5.73 Å². The predicted octanol–water partition coefficient (Wildman–Crippen LogP) is 1.73. The van der Waals surface area contributed by atoms with Crippen LogP contribution in [0.3, 0.4) is 0 Å². The third-order valence-corrected chi connectivity index (χ3v) is 3.11. The van der Waals surface area contributed by atoms with E-state index in [0.29, 0.717) is 12.5 Å². The highest BCUT2D eigenvalue weighted by Crippen LogP contribution is 2.34. The molecule has 4 nitrogen and oxygen atoms in total.